The second-order valence-electron chi connectivity index (χ2n) is 3.80. The largest absolute Gasteiger partial charge is 0.461 e. The Hall–Kier alpha value is -2.16. The summed E-state index contributed by atoms with van der Waals surface area (Å²) in [5, 5.41) is 0. The van der Waals surface area contributed by atoms with Crippen LogP contribution in [0.3, 0.4) is 0 Å². The average molecular weight is 212 g/mol. The normalized spacial score (nSPS) is 13.6. The lowest BCUT2D eigenvalue weighted by molar-refractivity contribution is 0.0814. The molecule has 3 nitrogen and oxygen atoms in total. The summed E-state index contributed by atoms with van der Waals surface area (Å²) >= 11 is 0. The van der Waals surface area contributed by atoms with Gasteiger partial charge in [-0.2, -0.15) is 0 Å². The fourth-order valence-electron chi connectivity index (χ4n) is 2.01. The van der Waals surface area contributed by atoms with Crippen LogP contribution in [-0.4, -0.2) is 11.6 Å². The Kier molecular flexibility index (Phi) is 1.66. The van der Waals surface area contributed by atoms with Crippen LogP contribution in [0.5, 0.6) is 0 Å². The first-order valence-electron chi connectivity index (χ1n) is 4.97. The minimum absolute atomic E-state index is 0.376. The fourth-order valence-corrected chi connectivity index (χ4v) is 2.01. The zero-order valence-electron chi connectivity index (χ0n) is 8.61. The minimum Gasteiger partial charge on any atom is -0.461 e. The summed E-state index contributed by atoms with van der Waals surface area (Å²) in [6.45, 7) is 1.76. The smallest absolute Gasteiger partial charge is 0.237 e. The van der Waals surface area contributed by atoms with Crippen LogP contribution in [0.25, 0.3) is 11.3 Å². The quantitative estimate of drug-likeness (QED) is 0.630. The number of furan rings is 1. The highest BCUT2D eigenvalue weighted by molar-refractivity contribution is 6.52. The van der Waals surface area contributed by atoms with Gasteiger partial charge in [-0.15, -0.1) is 0 Å². The molecule has 0 aliphatic heterocycles. The lowest BCUT2D eigenvalue weighted by atomic mass is 9.89. The molecule has 0 amide bonds. The molecule has 0 saturated heterocycles. The van der Waals surface area contributed by atoms with E-state index >= 15 is 0 Å². The van der Waals surface area contributed by atoms with Crippen LogP contribution < -0.4 is 0 Å². The molecular formula is C13H8O3. The van der Waals surface area contributed by atoms with E-state index in [0.717, 1.165) is 0 Å². The Bertz CT molecular complexity index is 620. The third-order valence-electron chi connectivity index (χ3n) is 2.72. The fraction of sp³-hybridized carbons (Fsp3) is 0.0769. The predicted octanol–water partition coefficient (Wildman–Crippen LogP) is 2.63. The summed E-state index contributed by atoms with van der Waals surface area (Å²) in [6, 6.07) is 8.62. The molecule has 78 valence electrons. The molecule has 0 spiro atoms. The van der Waals surface area contributed by atoms with Crippen LogP contribution in [0.15, 0.2) is 34.7 Å². The average Bonchev–Trinajstić information content (AvgIpc) is 2.68. The third kappa shape index (κ3) is 1.03. The van der Waals surface area contributed by atoms with Gasteiger partial charge in [0.25, 0.3) is 0 Å². The van der Waals surface area contributed by atoms with E-state index in [1.165, 1.54) is 0 Å². The van der Waals surface area contributed by atoms with Gasteiger partial charge in [0.1, 0.15) is 11.5 Å². The molecule has 2 aromatic rings. The van der Waals surface area contributed by atoms with E-state index in [1.807, 2.05) is 6.07 Å². The van der Waals surface area contributed by atoms with Gasteiger partial charge in [-0.1, -0.05) is 24.3 Å². The van der Waals surface area contributed by atoms with E-state index in [4.69, 9.17) is 4.42 Å². The Balaban J connectivity index is 2.41. The molecule has 1 heterocycles. The first-order valence-corrected chi connectivity index (χ1v) is 4.97. The van der Waals surface area contributed by atoms with Crippen molar-refractivity contribution < 1.29 is 14.0 Å². The van der Waals surface area contributed by atoms with Gasteiger partial charge in [0.15, 0.2) is 0 Å². The van der Waals surface area contributed by atoms with Crippen molar-refractivity contribution in [3.63, 3.8) is 0 Å². The van der Waals surface area contributed by atoms with Crippen molar-refractivity contribution in [1.29, 1.82) is 0 Å². The molecule has 1 aromatic carbocycles. The molecule has 0 atom stereocenters. The number of aryl methyl sites for hydroxylation is 1. The van der Waals surface area contributed by atoms with Crippen molar-refractivity contribution in [1.82, 2.24) is 0 Å². The van der Waals surface area contributed by atoms with E-state index in [2.05, 4.69) is 0 Å². The zero-order chi connectivity index (χ0) is 11.3. The van der Waals surface area contributed by atoms with Gasteiger partial charge in [-0.25, -0.2) is 0 Å². The summed E-state index contributed by atoms with van der Waals surface area (Å²) in [5.41, 5.74) is 1.51. The van der Waals surface area contributed by atoms with Gasteiger partial charge in [0.2, 0.25) is 11.6 Å². The number of benzene rings is 1. The molecular weight excluding hydrogens is 204 g/mol. The van der Waals surface area contributed by atoms with Crippen LogP contribution in [-0.2, 0) is 0 Å². The standard InChI is InChI=1S/C13H8O3/c1-7-6-10-12(15)11(14)8-4-2-3-5-9(8)13(10)16-7/h2-6H,1H3. The number of fused-ring (bicyclic) bond motifs is 3. The number of carbonyl (C=O) groups is 2. The van der Waals surface area contributed by atoms with Crippen molar-refractivity contribution in [2.45, 2.75) is 6.92 Å². The number of carbonyl (C=O) groups excluding carboxylic acids is 2. The Labute approximate surface area is 91.7 Å². The third-order valence-corrected chi connectivity index (χ3v) is 2.72. The van der Waals surface area contributed by atoms with Gasteiger partial charge < -0.3 is 4.42 Å². The van der Waals surface area contributed by atoms with Gasteiger partial charge in [-0.05, 0) is 13.0 Å². The molecule has 1 aliphatic carbocycles. The molecule has 0 fully saturated rings. The van der Waals surface area contributed by atoms with Crippen molar-refractivity contribution in [3.05, 3.63) is 47.2 Å². The molecule has 1 aliphatic rings. The molecule has 0 radical (unpaired) electrons. The van der Waals surface area contributed by atoms with Crippen molar-refractivity contribution in [3.8, 4) is 11.3 Å². The summed E-state index contributed by atoms with van der Waals surface area (Å²) in [7, 11) is 0. The summed E-state index contributed by atoms with van der Waals surface area (Å²) < 4.78 is 5.48. The molecule has 3 heteroatoms. The summed E-state index contributed by atoms with van der Waals surface area (Å²) in [4.78, 5) is 23.6. The van der Waals surface area contributed by atoms with E-state index in [0.29, 0.717) is 28.2 Å². The Morgan fingerprint density at radius 1 is 0.938 bits per heavy atom. The van der Waals surface area contributed by atoms with E-state index in [-0.39, 0.29) is 0 Å². The number of Topliss-reactive ketones (excluding diaryl/α,β-unsaturated/α-hetero) is 2. The van der Waals surface area contributed by atoms with Gasteiger partial charge in [0.05, 0.1) is 5.56 Å². The highest BCUT2D eigenvalue weighted by Gasteiger charge is 2.32. The first kappa shape index (κ1) is 9.09. The van der Waals surface area contributed by atoms with E-state index in [1.54, 1.807) is 31.2 Å². The van der Waals surface area contributed by atoms with E-state index < -0.39 is 11.6 Å². The lowest BCUT2D eigenvalue weighted by Crippen LogP contribution is -2.19. The molecule has 0 unspecified atom stereocenters. The maximum atomic E-state index is 11.8. The Morgan fingerprint density at radius 2 is 1.56 bits per heavy atom. The van der Waals surface area contributed by atoms with E-state index in [9.17, 15) is 9.59 Å². The van der Waals surface area contributed by atoms with Crippen LogP contribution in [0.2, 0.25) is 0 Å². The minimum atomic E-state index is -0.481. The zero-order valence-corrected chi connectivity index (χ0v) is 8.61. The molecule has 0 saturated carbocycles. The van der Waals surface area contributed by atoms with Crippen LogP contribution in [0, 0.1) is 6.92 Å². The maximum absolute atomic E-state index is 11.8. The van der Waals surface area contributed by atoms with Crippen LogP contribution >= 0.6 is 0 Å². The SMILES string of the molecule is Cc1cc2c(o1)-c1ccccc1C(=O)C2=O. The van der Waals surface area contributed by atoms with Gasteiger partial charge in [0, 0.05) is 11.1 Å². The molecule has 1 aromatic heterocycles. The molecule has 0 N–H and O–H groups in total. The number of hydrogen-bond acceptors (Lipinski definition) is 3. The highest BCUT2D eigenvalue weighted by atomic mass is 16.3. The van der Waals surface area contributed by atoms with Crippen molar-refractivity contribution in [2.24, 2.45) is 0 Å². The van der Waals surface area contributed by atoms with Crippen LogP contribution in [0.1, 0.15) is 26.5 Å². The van der Waals surface area contributed by atoms with Gasteiger partial charge >= 0.3 is 0 Å². The number of hydrogen-bond donors (Lipinski definition) is 0. The number of ketones is 2. The lowest BCUT2D eigenvalue weighted by Gasteiger charge is -2.11. The summed E-state index contributed by atoms with van der Waals surface area (Å²) in [6.07, 6.45) is 0. The monoisotopic (exact) mass is 212 g/mol. The second-order valence-corrected chi connectivity index (χ2v) is 3.80. The molecule has 3 rings (SSSR count). The summed E-state index contributed by atoms with van der Waals surface area (Å²) in [5.74, 6) is 0.218. The van der Waals surface area contributed by atoms with Crippen molar-refractivity contribution >= 4 is 11.6 Å². The predicted molar refractivity (Wildman–Crippen MR) is 57.5 cm³/mol. The Morgan fingerprint density at radius 3 is 2.31 bits per heavy atom. The molecule has 16 heavy (non-hydrogen) atoms. The van der Waals surface area contributed by atoms with Crippen LogP contribution in [0.4, 0.5) is 0 Å². The highest BCUT2D eigenvalue weighted by Crippen LogP contribution is 2.35. The topological polar surface area (TPSA) is 47.3 Å². The molecule has 0 bridgehead atoms. The van der Waals surface area contributed by atoms with Crippen molar-refractivity contribution in [2.75, 3.05) is 0 Å². The number of rotatable bonds is 0. The maximum Gasteiger partial charge on any atom is 0.237 e. The first-order chi connectivity index (χ1) is 7.68. The van der Waals surface area contributed by atoms with Gasteiger partial charge in [-0.3, -0.25) is 9.59 Å². The second kappa shape index (κ2) is 2.92.